The van der Waals surface area contributed by atoms with Crippen LogP contribution in [0.4, 0.5) is 11.4 Å². The van der Waals surface area contributed by atoms with Crippen LogP contribution in [-0.2, 0) is 16.6 Å². The molecule has 2 N–H and O–H groups in total. The van der Waals surface area contributed by atoms with E-state index >= 15 is 0 Å². The first-order valence-corrected chi connectivity index (χ1v) is 15.1. The normalized spacial score (nSPS) is 11.9. The molecule has 0 radical (unpaired) electrons. The van der Waals surface area contributed by atoms with Crippen LogP contribution in [0.3, 0.4) is 0 Å². The third-order valence-electron chi connectivity index (χ3n) is 6.72. The molecule has 0 heterocycles. The molecule has 0 aliphatic heterocycles. The number of sulfonamides is 1. The summed E-state index contributed by atoms with van der Waals surface area (Å²) in [4.78, 5) is 26.0. The van der Waals surface area contributed by atoms with E-state index in [1.54, 1.807) is 97.1 Å². The van der Waals surface area contributed by atoms with Crippen LogP contribution in [0.5, 0.6) is 0 Å². The lowest BCUT2D eigenvalue weighted by atomic mass is 10.1. The maximum atomic E-state index is 13.7. The lowest BCUT2D eigenvalue weighted by Gasteiger charge is -2.26. The molecule has 7 nitrogen and oxygen atoms in total. The van der Waals surface area contributed by atoms with Gasteiger partial charge in [0.2, 0.25) is 0 Å². The predicted molar refractivity (Wildman–Crippen MR) is 164 cm³/mol. The Morgan fingerprint density at radius 2 is 1.54 bits per heavy atom. The standard InChI is InChI=1S/C32H32ClN3O4S/c1-4-23(3)34-32(38)28-12-8-9-13-29(28)35-31(37)25-17-15-24(16-18-25)21-36(30-20-26(33)19-14-22(30)2)41(39,40)27-10-6-5-7-11-27/h5-20,23H,4,21H2,1-3H3,(H,34,38)(H,35,37)/t23-/m1/s1. The van der Waals surface area contributed by atoms with Crippen molar-refractivity contribution in [3.8, 4) is 0 Å². The van der Waals surface area contributed by atoms with Gasteiger partial charge in [-0.3, -0.25) is 13.9 Å². The summed E-state index contributed by atoms with van der Waals surface area (Å²) in [6.45, 7) is 5.75. The number of carbonyl (C=O) groups excluding carboxylic acids is 2. The first-order valence-electron chi connectivity index (χ1n) is 13.2. The highest BCUT2D eigenvalue weighted by molar-refractivity contribution is 7.92. The van der Waals surface area contributed by atoms with Crippen molar-refractivity contribution >= 4 is 44.8 Å². The Morgan fingerprint density at radius 1 is 0.878 bits per heavy atom. The highest BCUT2D eigenvalue weighted by Gasteiger charge is 2.27. The number of aryl methyl sites for hydroxylation is 1. The number of nitrogens with zero attached hydrogens (tertiary/aromatic N) is 1. The minimum Gasteiger partial charge on any atom is -0.350 e. The zero-order chi connectivity index (χ0) is 29.6. The average Bonchev–Trinajstić information content (AvgIpc) is 2.98. The van der Waals surface area contributed by atoms with E-state index < -0.39 is 10.0 Å². The van der Waals surface area contributed by atoms with E-state index in [1.807, 2.05) is 20.8 Å². The summed E-state index contributed by atoms with van der Waals surface area (Å²) in [5.41, 5.74) is 3.03. The number of para-hydroxylation sites is 1. The minimum absolute atomic E-state index is 0.000211. The van der Waals surface area contributed by atoms with Gasteiger partial charge >= 0.3 is 0 Å². The van der Waals surface area contributed by atoms with E-state index in [2.05, 4.69) is 10.6 Å². The van der Waals surface area contributed by atoms with Gasteiger partial charge in [-0.1, -0.05) is 67.1 Å². The summed E-state index contributed by atoms with van der Waals surface area (Å²) in [7, 11) is -3.92. The van der Waals surface area contributed by atoms with E-state index in [0.717, 1.165) is 12.0 Å². The molecule has 9 heteroatoms. The van der Waals surface area contributed by atoms with E-state index in [-0.39, 0.29) is 29.3 Å². The molecule has 0 aliphatic carbocycles. The van der Waals surface area contributed by atoms with Gasteiger partial charge < -0.3 is 10.6 Å². The summed E-state index contributed by atoms with van der Waals surface area (Å²) in [6.07, 6.45) is 0.785. The number of hydrogen-bond acceptors (Lipinski definition) is 4. The number of amides is 2. The molecule has 0 bridgehead atoms. The fourth-order valence-corrected chi connectivity index (χ4v) is 5.88. The van der Waals surface area contributed by atoms with Crippen LogP contribution < -0.4 is 14.9 Å². The van der Waals surface area contributed by atoms with Crippen LogP contribution >= 0.6 is 11.6 Å². The SMILES string of the molecule is CC[C@@H](C)NC(=O)c1ccccc1NC(=O)c1ccc(CN(c2cc(Cl)ccc2C)S(=O)(=O)c2ccccc2)cc1. The van der Waals surface area contributed by atoms with Crippen LogP contribution in [0, 0.1) is 6.92 Å². The predicted octanol–water partition coefficient (Wildman–Crippen LogP) is 6.82. The highest BCUT2D eigenvalue weighted by atomic mass is 35.5. The molecule has 4 rings (SSSR count). The Kier molecular flexibility index (Phi) is 9.47. The maximum Gasteiger partial charge on any atom is 0.264 e. The van der Waals surface area contributed by atoms with E-state index in [0.29, 0.717) is 33.1 Å². The smallest absolute Gasteiger partial charge is 0.264 e. The summed E-state index contributed by atoms with van der Waals surface area (Å²) in [5.74, 6) is -0.651. The summed E-state index contributed by atoms with van der Waals surface area (Å²) in [6, 6.07) is 26.9. The number of anilines is 2. The van der Waals surface area contributed by atoms with Gasteiger partial charge in [-0.2, -0.15) is 0 Å². The summed E-state index contributed by atoms with van der Waals surface area (Å²) >= 11 is 6.25. The van der Waals surface area contributed by atoms with Gasteiger partial charge in [0, 0.05) is 16.6 Å². The number of hydrogen-bond donors (Lipinski definition) is 2. The van der Waals surface area contributed by atoms with Gasteiger partial charge in [-0.05, 0) is 79.9 Å². The molecule has 212 valence electrons. The van der Waals surface area contributed by atoms with Crippen LogP contribution in [0.2, 0.25) is 5.02 Å². The molecule has 0 unspecified atom stereocenters. The number of benzene rings is 4. The first kappa shape index (κ1) is 29.8. The molecule has 4 aromatic carbocycles. The molecular weight excluding hydrogens is 558 g/mol. The Hall–Kier alpha value is -4.14. The Labute approximate surface area is 246 Å². The number of halogens is 1. The average molecular weight is 590 g/mol. The van der Waals surface area contributed by atoms with Crippen molar-refractivity contribution in [2.45, 2.75) is 44.7 Å². The summed E-state index contributed by atoms with van der Waals surface area (Å²) in [5, 5.41) is 6.16. The topological polar surface area (TPSA) is 95.6 Å². The lowest BCUT2D eigenvalue weighted by Crippen LogP contribution is -2.32. The van der Waals surface area contributed by atoms with Gasteiger partial charge in [0.05, 0.1) is 28.4 Å². The van der Waals surface area contributed by atoms with Gasteiger partial charge in [0.25, 0.3) is 21.8 Å². The van der Waals surface area contributed by atoms with Crippen molar-refractivity contribution in [3.05, 3.63) is 124 Å². The third-order valence-corrected chi connectivity index (χ3v) is 8.73. The maximum absolute atomic E-state index is 13.7. The first-order chi connectivity index (χ1) is 19.6. The van der Waals surface area contributed by atoms with Crippen molar-refractivity contribution in [1.29, 1.82) is 0 Å². The second kappa shape index (κ2) is 13.0. The number of carbonyl (C=O) groups is 2. The van der Waals surface area contributed by atoms with Crippen molar-refractivity contribution < 1.29 is 18.0 Å². The molecule has 1 atom stereocenters. The fraction of sp³-hybridized carbons (Fsp3) is 0.188. The van der Waals surface area contributed by atoms with E-state index in [1.165, 1.54) is 4.31 Å². The molecule has 0 aromatic heterocycles. The molecule has 0 aliphatic rings. The molecular formula is C32H32ClN3O4S. The second-order valence-electron chi connectivity index (χ2n) is 9.73. The largest absolute Gasteiger partial charge is 0.350 e. The van der Waals surface area contributed by atoms with Crippen LogP contribution in [0.15, 0.2) is 102 Å². The van der Waals surface area contributed by atoms with E-state index in [9.17, 15) is 18.0 Å². The number of nitrogens with one attached hydrogen (secondary N) is 2. The van der Waals surface area contributed by atoms with Gasteiger partial charge in [0.1, 0.15) is 0 Å². The molecule has 41 heavy (non-hydrogen) atoms. The minimum atomic E-state index is -3.92. The quantitative estimate of drug-likeness (QED) is 0.212. The van der Waals surface area contributed by atoms with E-state index in [4.69, 9.17) is 11.6 Å². The molecule has 0 saturated heterocycles. The van der Waals surface area contributed by atoms with Crippen molar-refractivity contribution in [3.63, 3.8) is 0 Å². The highest BCUT2D eigenvalue weighted by Crippen LogP contribution is 2.31. The van der Waals surface area contributed by atoms with Crippen LogP contribution in [0.1, 0.15) is 52.1 Å². The Morgan fingerprint density at radius 3 is 2.22 bits per heavy atom. The zero-order valence-electron chi connectivity index (χ0n) is 23.1. The summed E-state index contributed by atoms with van der Waals surface area (Å²) < 4.78 is 28.8. The van der Waals surface area contributed by atoms with Crippen LogP contribution in [0.25, 0.3) is 0 Å². The molecule has 2 amide bonds. The molecule has 4 aromatic rings. The molecule has 0 fully saturated rings. The monoisotopic (exact) mass is 589 g/mol. The lowest BCUT2D eigenvalue weighted by molar-refractivity contribution is 0.0940. The van der Waals surface area contributed by atoms with Crippen molar-refractivity contribution in [2.75, 3.05) is 9.62 Å². The Bertz CT molecular complexity index is 1640. The van der Waals surface area contributed by atoms with Gasteiger partial charge in [-0.15, -0.1) is 0 Å². The number of rotatable bonds is 10. The zero-order valence-corrected chi connectivity index (χ0v) is 24.7. The second-order valence-corrected chi connectivity index (χ2v) is 12.0. The molecule has 0 spiro atoms. The Balaban J connectivity index is 1.58. The van der Waals surface area contributed by atoms with Crippen molar-refractivity contribution in [1.82, 2.24) is 5.32 Å². The fourth-order valence-electron chi connectivity index (χ4n) is 4.19. The third kappa shape index (κ3) is 7.14. The van der Waals surface area contributed by atoms with Crippen molar-refractivity contribution in [2.24, 2.45) is 0 Å². The van der Waals surface area contributed by atoms with Crippen LogP contribution in [-0.4, -0.2) is 26.3 Å². The van der Waals surface area contributed by atoms with Gasteiger partial charge in [-0.25, -0.2) is 8.42 Å². The van der Waals surface area contributed by atoms with Gasteiger partial charge in [0.15, 0.2) is 0 Å². The molecule has 0 saturated carbocycles.